The molecular formula is C8H10N4S. The molecule has 2 aromatic rings. The van der Waals surface area contributed by atoms with Crippen LogP contribution in [0.1, 0.15) is 12.6 Å². The molecule has 2 heterocycles. The molecule has 0 aliphatic carbocycles. The number of rotatable bonds is 2. The van der Waals surface area contributed by atoms with Crippen LogP contribution in [-0.4, -0.2) is 19.7 Å². The highest BCUT2D eigenvalue weighted by Gasteiger charge is 2.10. The molecule has 0 aliphatic rings. The Morgan fingerprint density at radius 1 is 1.54 bits per heavy atom. The topological polar surface area (TPSA) is 43.6 Å². The Labute approximate surface area is 80.3 Å². The maximum absolute atomic E-state index is 4.19. The van der Waals surface area contributed by atoms with Crippen molar-refractivity contribution in [1.29, 1.82) is 0 Å². The van der Waals surface area contributed by atoms with Gasteiger partial charge in [-0.05, 0) is 13.8 Å². The fourth-order valence-corrected chi connectivity index (χ4v) is 1.98. The molecule has 0 radical (unpaired) electrons. The van der Waals surface area contributed by atoms with E-state index in [9.17, 15) is 0 Å². The summed E-state index contributed by atoms with van der Waals surface area (Å²) in [5.74, 6) is 0.919. The molecule has 0 aliphatic heterocycles. The monoisotopic (exact) mass is 194 g/mol. The van der Waals surface area contributed by atoms with Crippen LogP contribution in [0.15, 0.2) is 11.8 Å². The second kappa shape index (κ2) is 3.26. The summed E-state index contributed by atoms with van der Waals surface area (Å²) in [4.78, 5) is 5.30. The van der Waals surface area contributed by atoms with E-state index in [0.29, 0.717) is 0 Å². The molecule has 0 bridgehead atoms. The van der Waals surface area contributed by atoms with Crippen molar-refractivity contribution in [1.82, 2.24) is 19.7 Å². The minimum atomic E-state index is 0.889. The average Bonchev–Trinajstić information content (AvgIpc) is 2.71. The molecule has 13 heavy (non-hydrogen) atoms. The lowest BCUT2D eigenvalue weighted by molar-refractivity contribution is 0.767. The molecule has 4 nitrogen and oxygen atoms in total. The van der Waals surface area contributed by atoms with Gasteiger partial charge in [-0.15, -0.1) is 21.5 Å². The zero-order valence-electron chi connectivity index (χ0n) is 7.56. The molecular weight excluding hydrogens is 184 g/mol. The zero-order valence-corrected chi connectivity index (χ0v) is 8.38. The fraction of sp³-hybridized carbons (Fsp3) is 0.375. The first kappa shape index (κ1) is 8.37. The van der Waals surface area contributed by atoms with E-state index in [-0.39, 0.29) is 0 Å². The number of hydrogen-bond acceptors (Lipinski definition) is 4. The molecule has 0 aromatic carbocycles. The van der Waals surface area contributed by atoms with Gasteiger partial charge in [0.05, 0.1) is 16.1 Å². The molecule has 0 spiro atoms. The van der Waals surface area contributed by atoms with E-state index in [1.54, 1.807) is 17.7 Å². The lowest BCUT2D eigenvalue weighted by Crippen LogP contribution is -1.95. The third-order valence-corrected chi connectivity index (χ3v) is 2.83. The molecule has 0 saturated heterocycles. The summed E-state index contributed by atoms with van der Waals surface area (Å²) in [5.41, 5.74) is 2.85. The molecule has 0 unspecified atom stereocenters. The molecule has 5 heteroatoms. The van der Waals surface area contributed by atoms with Crippen molar-refractivity contribution in [2.75, 3.05) is 0 Å². The molecule has 68 valence electrons. The van der Waals surface area contributed by atoms with Gasteiger partial charge in [0.1, 0.15) is 6.33 Å². The van der Waals surface area contributed by atoms with Crippen molar-refractivity contribution in [2.24, 2.45) is 0 Å². The van der Waals surface area contributed by atoms with Crippen LogP contribution in [-0.2, 0) is 6.54 Å². The number of nitrogens with zero attached hydrogens (tertiary/aromatic N) is 4. The average molecular weight is 194 g/mol. The van der Waals surface area contributed by atoms with E-state index in [0.717, 1.165) is 22.9 Å². The van der Waals surface area contributed by atoms with Crippen LogP contribution in [0.5, 0.6) is 0 Å². The Hall–Kier alpha value is -1.23. The Kier molecular flexibility index (Phi) is 2.10. The molecule has 0 atom stereocenters. The third kappa shape index (κ3) is 1.35. The summed E-state index contributed by atoms with van der Waals surface area (Å²) in [5, 5.41) is 7.96. The quantitative estimate of drug-likeness (QED) is 0.731. The maximum atomic E-state index is 4.19. The van der Waals surface area contributed by atoms with Gasteiger partial charge in [0.15, 0.2) is 5.82 Å². The van der Waals surface area contributed by atoms with Crippen LogP contribution in [0.2, 0.25) is 0 Å². The van der Waals surface area contributed by atoms with E-state index in [1.165, 1.54) is 0 Å². The summed E-state index contributed by atoms with van der Waals surface area (Å²) in [7, 11) is 0. The van der Waals surface area contributed by atoms with Crippen molar-refractivity contribution in [3.63, 3.8) is 0 Å². The van der Waals surface area contributed by atoms with E-state index in [1.807, 2.05) is 17.0 Å². The van der Waals surface area contributed by atoms with Crippen LogP contribution < -0.4 is 0 Å². The largest absolute Gasteiger partial charge is 0.313 e. The second-order valence-electron chi connectivity index (χ2n) is 2.71. The summed E-state index contributed by atoms with van der Waals surface area (Å²) in [6.45, 7) is 4.95. The third-order valence-electron chi connectivity index (χ3n) is 1.90. The molecule has 2 aromatic heterocycles. The van der Waals surface area contributed by atoms with Crippen molar-refractivity contribution in [3.05, 3.63) is 17.5 Å². The minimum absolute atomic E-state index is 0.889. The summed E-state index contributed by atoms with van der Waals surface area (Å²) in [6.07, 6.45) is 1.74. The van der Waals surface area contributed by atoms with E-state index < -0.39 is 0 Å². The highest BCUT2D eigenvalue weighted by molar-refractivity contribution is 7.13. The molecule has 2 rings (SSSR count). The van der Waals surface area contributed by atoms with Gasteiger partial charge < -0.3 is 4.57 Å². The van der Waals surface area contributed by atoms with Crippen molar-refractivity contribution >= 4 is 11.3 Å². The van der Waals surface area contributed by atoms with Crippen LogP contribution in [0, 0.1) is 6.92 Å². The standard InChI is InChI=1S/C8H10N4S/c1-3-12-4-10-11-8(12)7-6(2)9-5-13-7/h4-5H,3H2,1-2H3. The molecule has 0 N–H and O–H groups in total. The first-order valence-corrected chi connectivity index (χ1v) is 4.99. The smallest absolute Gasteiger partial charge is 0.175 e. The summed E-state index contributed by atoms with van der Waals surface area (Å²) in [6, 6.07) is 0. The first-order chi connectivity index (χ1) is 6.33. The number of aromatic nitrogens is 4. The lowest BCUT2D eigenvalue weighted by Gasteiger charge is -1.99. The minimum Gasteiger partial charge on any atom is -0.313 e. The van der Waals surface area contributed by atoms with Crippen LogP contribution in [0.4, 0.5) is 0 Å². The van der Waals surface area contributed by atoms with Gasteiger partial charge in [0.25, 0.3) is 0 Å². The molecule has 0 saturated carbocycles. The predicted octanol–water partition coefficient (Wildman–Crippen LogP) is 1.73. The number of thiazole rings is 1. The highest BCUT2D eigenvalue weighted by atomic mass is 32.1. The van der Waals surface area contributed by atoms with Gasteiger partial charge in [-0.3, -0.25) is 0 Å². The van der Waals surface area contributed by atoms with Crippen molar-refractivity contribution in [2.45, 2.75) is 20.4 Å². The molecule has 0 fully saturated rings. The van der Waals surface area contributed by atoms with Gasteiger partial charge in [-0.1, -0.05) is 0 Å². The first-order valence-electron chi connectivity index (χ1n) is 4.11. The lowest BCUT2D eigenvalue weighted by atomic mass is 10.4. The Bertz CT molecular complexity index is 404. The van der Waals surface area contributed by atoms with Crippen LogP contribution >= 0.6 is 11.3 Å². The van der Waals surface area contributed by atoms with E-state index in [4.69, 9.17) is 0 Å². The van der Waals surface area contributed by atoms with Gasteiger partial charge in [0.2, 0.25) is 0 Å². The van der Waals surface area contributed by atoms with Crippen molar-refractivity contribution < 1.29 is 0 Å². The summed E-state index contributed by atoms with van der Waals surface area (Å²) < 4.78 is 2.01. The Morgan fingerprint density at radius 2 is 2.38 bits per heavy atom. The Morgan fingerprint density at radius 3 is 3.00 bits per heavy atom. The zero-order chi connectivity index (χ0) is 9.26. The summed E-state index contributed by atoms with van der Waals surface area (Å²) >= 11 is 1.60. The van der Waals surface area contributed by atoms with Gasteiger partial charge in [-0.25, -0.2) is 4.98 Å². The van der Waals surface area contributed by atoms with Gasteiger partial charge >= 0.3 is 0 Å². The van der Waals surface area contributed by atoms with Crippen LogP contribution in [0.3, 0.4) is 0 Å². The van der Waals surface area contributed by atoms with Gasteiger partial charge in [-0.2, -0.15) is 0 Å². The Balaban J connectivity index is 2.52. The number of hydrogen-bond donors (Lipinski definition) is 0. The molecule has 0 amide bonds. The highest BCUT2D eigenvalue weighted by Crippen LogP contribution is 2.24. The normalized spacial score (nSPS) is 10.6. The van der Waals surface area contributed by atoms with Crippen molar-refractivity contribution in [3.8, 4) is 10.7 Å². The van der Waals surface area contributed by atoms with Crippen LogP contribution in [0.25, 0.3) is 10.7 Å². The number of aryl methyl sites for hydroxylation is 2. The fourth-order valence-electron chi connectivity index (χ4n) is 1.18. The second-order valence-corrected chi connectivity index (χ2v) is 3.56. The maximum Gasteiger partial charge on any atom is 0.175 e. The SMILES string of the molecule is CCn1cnnc1-c1scnc1C. The van der Waals surface area contributed by atoms with E-state index >= 15 is 0 Å². The predicted molar refractivity (Wildman–Crippen MR) is 51.5 cm³/mol. The van der Waals surface area contributed by atoms with E-state index in [2.05, 4.69) is 22.1 Å². The van der Waals surface area contributed by atoms with Gasteiger partial charge in [0, 0.05) is 6.54 Å².